The molecule has 0 aromatic heterocycles. The first-order chi connectivity index (χ1) is 17.2. The normalized spacial score (nSPS) is 21.7. The summed E-state index contributed by atoms with van der Waals surface area (Å²) in [5.74, 6) is 2.57. The highest BCUT2D eigenvalue weighted by atomic mass is 16.5. The molecule has 1 amide bonds. The van der Waals surface area contributed by atoms with E-state index < -0.39 is 0 Å². The Morgan fingerprint density at radius 2 is 1.86 bits per heavy atom. The highest BCUT2D eigenvalue weighted by Crippen LogP contribution is 2.50. The molecule has 0 spiro atoms. The number of aliphatic hydroxyl groups is 1. The van der Waals surface area contributed by atoms with E-state index in [9.17, 15) is 9.90 Å². The van der Waals surface area contributed by atoms with E-state index in [-0.39, 0.29) is 12.5 Å². The van der Waals surface area contributed by atoms with Gasteiger partial charge in [0.25, 0.3) is 0 Å². The molecule has 3 aliphatic rings. The average molecular weight is 482 g/mol. The van der Waals surface area contributed by atoms with Crippen LogP contribution in [-0.4, -0.2) is 85.2 Å². The molecule has 6 heteroatoms. The Morgan fingerprint density at radius 1 is 1.06 bits per heavy atom. The number of hydrogen-bond acceptors (Lipinski definition) is 5. The van der Waals surface area contributed by atoms with E-state index in [0.717, 1.165) is 64.8 Å². The summed E-state index contributed by atoms with van der Waals surface area (Å²) in [6, 6.07) is 10.5. The second-order valence-electron chi connectivity index (χ2n) is 10.3. The number of fused-ring (bicyclic) bond motifs is 1. The van der Waals surface area contributed by atoms with Crippen LogP contribution in [0.4, 0.5) is 0 Å². The minimum atomic E-state index is 0.0207. The number of nitrogens with zero attached hydrogens (tertiary/aromatic N) is 3. The molecular formula is C29H43N3O3. The van der Waals surface area contributed by atoms with Gasteiger partial charge in [-0.05, 0) is 63.1 Å². The van der Waals surface area contributed by atoms with Gasteiger partial charge in [0.2, 0.25) is 5.91 Å². The largest absolute Gasteiger partial charge is 0.495 e. The third-order valence-corrected chi connectivity index (χ3v) is 7.53. The lowest BCUT2D eigenvalue weighted by atomic mass is 10.1. The number of amides is 1. The number of piperazine rings is 1. The maximum Gasteiger partial charge on any atom is 0.222 e. The monoisotopic (exact) mass is 481 g/mol. The zero-order valence-corrected chi connectivity index (χ0v) is 21.4. The quantitative estimate of drug-likeness (QED) is 0.411. The summed E-state index contributed by atoms with van der Waals surface area (Å²) in [6.07, 6.45) is 11.1. The fourth-order valence-corrected chi connectivity index (χ4v) is 5.18. The Labute approximate surface area is 211 Å². The molecule has 2 fully saturated rings. The molecule has 192 valence electrons. The fourth-order valence-electron chi connectivity index (χ4n) is 5.18. The lowest BCUT2D eigenvalue weighted by molar-refractivity contribution is -0.132. The Morgan fingerprint density at radius 3 is 2.63 bits per heavy atom. The zero-order chi connectivity index (χ0) is 24.5. The molecule has 1 heterocycles. The molecule has 1 saturated carbocycles. The van der Waals surface area contributed by atoms with Crippen LogP contribution < -0.4 is 0 Å². The van der Waals surface area contributed by atoms with Gasteiger partial charge in [-0.1, -0.05) is 36.4 Å². The van der Waals surface area contributed by atoms with Gasteiger partial charge in [-0.3, -0.25) is 4.79 Å². The van der Waals surface area contributed by atoms with Crippen LogP contribution in [0.1, 0.15) is 44.1 Å². The van der Waals surface area contributed by atoms with Gasteiger partial charge in [0.15, 0.2) is 0 Å². The van der Waals surface area contributed by atoms with Crippen molar-refractivity contribution in [1.82, 2.24) is 14.7 Å². The van der Waals surface area contributed by atoms with Crippen molar-refractivity contribution in [1.29, 1.82) is 0 Å². The molecule has 1 aliphatic heterocycles. The highest BCUT2D eigenvalue weighted by molar-refractivity contribution is 5.76. The second-order valence-corrected chi connectivity index (χ2v) is 10.3. The molecular weight excluding hydrogens is 438 g/mol. The molecule has 0 bridgehead atoms. The summed E-state index contributed by atoms with van der Waals surface area (Å²) >= 11 is 0. The molecule has 6 nitrogen and oxygen atoms in total. The van der Waals surface area contributed by atoms with Crippen molar-refractivity contribution >= 4 is 5.91 Å². The molecule has 1 saturated heterocycles. The number of hydrogen-bond donors (Lipinski definition) is 1. The molecule has 1 N–H and O–H groups in total. The van der Waals surface area contributed by atoms with Crippen LogP contribution in [0.15, 0.2) is 53.9 Å². The summed E-state index contributed by atoms with van der Waals surface area (Å²) in [5.41, 5.74) is 2.63. The first-order valence-electron chi connectivity index (χ1n) is 13.6. The van der Waals surface area contributed by atoms with Crippen LogP contribution in [-0.2, 0) is 16.0 Å². The van der Waals surface area contributed by atoms with E-state index in [1.54, 1.807) is 0 Å². The van der Waals surface area contributed by atoms with E-state index >= 15 is 0 Å². The summed E-state index contributed by atoms with van der Waals surface area (Å²) in [4.78, 5) is 19.4. The van der Waals surface area contributed by atoms with Gasteiger partial charge in [-0.15, -0.1) is 0 Å². The summed E-state index contributed by atoms with van der Waals surface area (Å²) in [7, 11) is 2.19. The minimum absolute atomic E-state index is 0.0207. The summed E-state index contributed by atoms with van der Waals surface area (Å²) in [5, 5.41) is 9.42. The van der Waals surface area contributed by atoms with Crippen LogP contribution in [0, 0.1) is 11.8 Å². The van der Waals surface area contributed by atoms with Crippen LogP contribution in [0.3, 0.4) is 0 Å². The van der Waals surface area contributed by atoms with E-state index in [2.05, 4.69) is 53.3 Å². The molecule has 35 heavy (non-hydrogen) atoms. The summed E-state index contributed by atoms with van der Waals surface area (Å²) < 4.78 is 6.35. The number of aliphatic hydroxyl groups excluding tert-OH is 1. The summed E-state index contributed by atoms with van der Waals surface area (Å²) in [6.45, 7) is 6.15. The van der Waals surface area contributed by atoms with Crippen molar-refractivity contribution in [3.05, 3.63) is 59.5 Å². The van der Waals surface area contributed by atoms with Crippen molar-refractivity contribution < 1.29 is 14.6 Å². The van der Waals surface area contributed by atoms with Gasteiger partial charge in [0.05, 0.1) is 18.9 Å². The van der Waals surface area contributed by atoms with E-state index in [4.69, 9.17) is 4.74 Å². The second kappa shape index (κ2) is 13.1. The molecule has 0 radical (unpaired) electrons. The number of ether oxygens (including phenoxy) is 1. The van der Waals surface area contributed by atoms with E-state index in [1.807, 2.05) is 11.0 Å². The van der Waals surface area contributed by atoms with Crippen molar-refractivity contribution in [2.45, 2.75) is 44.9 Å². The first kappa shape index (κ1) is 25.8. The predicted octanol–water partition coefficient (Wildman–Crippen LogP) is 3.68. The third kappa shape index (κ3) is 7.58. The van der Waals surface area contributed by atoms with Crippen molar-refractivity contribution in [2.75, 3.05) is 59.5 Å². The van der Waals surface area contributed by atoms with Gasteiger partial charge in [-0.2, -0.15) is 0 Å². The number of likely N-dealkylation sites (N-methyl/N-ethyl adjacent to an activating group) is 1. The fraction of sp³-hybridized carbons (Fsp3) is 0.621. The standard InChI is InChI=1S/C29H43N3O3/c1-30-16-18-31(19-17-30)27-14-13-25-23-26(25)29(27)35-22-8-6-12-28(34)32(20-21-33)15-7-5-11-24-9-3-2-4-10-24/h2-4,9-10,13-14,25-26,33H,5-8,11-12,15-23H2,1H3. The number of unbranched alkanes of at least 4 members (excludes halogenated alkanes) is 2. The maximum absolute atomic E-state index is 12.8. The molecule has 1 aromatic carbocycles. The van der Waals surface area contributed by atoms with Crippen molar-refractivity contribution in [3.63, 3.8) is 0 Å². The SMILES string of the molecule is CN1CCN(C2=C(OCCCCC(=O)N(CCO)CCCCc3ccccc3)C3CC3C=C2)CC1. The number of carbonyl (C=O) groups is 1. The Kier molecular flexibility index (Phi) is 9.66. The number of carbonyl (C=O) groups excluding carboxylic acids is 1. The number of rotatable bonds is 14. The molecule has 2 unspecified atom stereocenters. The van der Waals surface area contributed by atoms with E-state index in [0.29, 0.717) is 31.4 Å². The number of allylic oxidation sites excluding steroid dienone is 3. The Hall–Kier alpha value is -2.31. The van der Waals surface area contributed by atoms with Crippen LogP contribution >= 0.6 is 0 Å². The Bertz CT molecular complexity index is 861. The maximum atomic E-state index is 12.8. The predicted molar refractivity (Wildman–Crippen MR) is 140 cm³/mol. The molecule has 2 aliphatic carbocycles. The van der Waals surface area contributed by atoms with Crippen LogP contribution in [0.25, 0.3) is 0 Å². The topological polar surface area (TPSA) is 56.2 Å². The third-order valence-electron chi connectivity index (χ3n) is 7.53. The van der Waals surface area contributed by atoms with Gasteiger partial charge < -0.3 is 24.5 Å². The van der Waals surface area contributed by atoms with Crippen LogP contribution in [0.2, 0.25) is 0 Å². The Balaban J connectivity index is 1.16. The minimum Gasteiger partial charge on any atom is -0.495 e. The molecule has 1 aromatic rings. The van der Waals surface area contributed by atoms with Crippen molar-refractivity contribution in [3.8, 4) is 0 Å². The first-order valence-corrected chi connectivity index (χ1v) is 13.6. The van der Waals surface area contributed by atoms with Gasteiger partial charge in [-0.25, -0.2) is 0 Å². The smallest absolute Gasteiger partial charge is 0.222 e. The van der Waals surface area contributed by atoms with Gasteiger partial charge in [0.1, 0.15) is 5.76 Å². The van der Waals surface area contributed by atoms with Gasteiger partial charge >= 0.3 is 0 Å². The van der Waals surface area contributed by atoms with E-state index in [1.165, 1.54) is 23.4 Å². The lowest BCUT2D eigenvalue weighted by Crippen LogP contribution is -2.44. The zero-order valence-electron chi connectivity index (χ0n) is 21.4. The van der Waals surface area contributed by atoms with Crippen LogP contribution in [0.5, 0.6) is 0 Å². The van der Waals surface area contributed by atoms with Crippen molar-refractivity contribution in [2.24, 2.45) is 11.8 Å². The number of aryl methyl sites for hydroxylation is 1. The number of benzene rings is 1. The highest BCUT2D eigenvalue weighted by Gasteiger charge is 2.43. The lowest BCUT2D eigenvalue weighted by Gasteiger charge is -2.36. The molecule has 4 rings (SSSR count). The van der Waals surface area contributed by atoms with Gasteiger partial charge in [0, 0.05) is 51.6 Å². The average Bonchev–Trinajstić information content (AvgIpc) is 3.67. The molecule has 2 atom stereocenters.